The molecule has 2 aromatic carbocycles. The van der Waals surface area contributed by atoms with Gasteiger partial charge in [0.15, 0.2) is 0 Å². The summed E-state index contributed by atoms with van der Waals surface area (Å²) in [4.78, 5) is 12.9. The first-order chi connectivity index (χ1) is 16.0. The molecule has 182 valence electrons. The molecule has 0 aromatic heterocycles. The number of benzene rings is 2. The topological polar surface area (TPSA) is 41.1 Å². The highest BCUT2D eigenvalue weighted by atomic mass is 35.5. The Kier molecular flexibility index (Phi) is 6.04. The minimum Gasteiger partial charge on any atom is -0.335 e. The molecule has 34 heavy (non-hydrogen) atoms. The van der Waals surface area contributed by atoms with Gasteiger partial charge in [0, 0.05) is 16.8 Å². The monoisotopic (exact) mass is 510 g/mol. The lowest BCUT2D eigenvalue weighted by Gasteiger charge is -2.63. The van der Waals surface area contributed by atoms with E-state index in [1.54, 1.807) is 0 Å². The van der Waals surface area contributed by atoms with Crippen LogP contribution in [-0.2, 0) is 6.18 Å². The Bertz CT molecular complexity index is 1070. The maximum Gasteiger partial charge on any atom is 0.417 e. The zero-order valence-electron chi connectivity index (χ0n) is 18.8. The third-order valence-electron chi connectivity index (χ3n) is 8.34. The van der Waals surface area contributed by atoms with E-state index >= 15 is 0 Å². The number of anilines is 1. The summed E-state index contributed by atoms with van der Waals surface area (Å²) in [5, 5.41) is 5.96. The van der Waals surface area contributed by atoms with E-state index in [1.165, 1.54) is 30.9 Å². The molecule has 4 aliphatic rings. The molecule has 3 nitrogen and oxygen atoms in total. The van der Waals surface area contributed by atoms with Crippen molar-refractivity contribution in [2.75, 3.05) is 5.32 Å². The van der Waals surface area contributed by atoms with E-state index in [4.69, 9.17) is 23.2 Å². The zero-order chi connectivity index (χ0) is 24.3. The van der Waals surface area contributed by atoms with E-state index in [-0.39, 0.29) is 17.1 Å². The van der Waals surface area contributed by atoms with Gasteiger partial charge in [-0.25, -0.2) is 4.79 Å². The molecule has 0 heterocycles. The number of halogens is 5. The molecule has 8 heteroatoms. The Labute approximate surface area is 207 Å². The third kappa shape index (κ3) is 4.28. The second-order valence-corrected chi connectivity index (χ2v) is 11.2. The van der Waals surface area contributed by atoms with Crippen molar-refractivity contribution in [3.63, 3.8) is 0 Å². The van der Waals surface area contributed by atoms with Gasteiger partial charge in [0.1, 0.15) is 0 Å². The molecule has 2 N–H and O–H groups in total. The SMILES string of the molecule is CC(NC(=O)Nc1ccc(Cl)c(C(F)(F)F)c1)C12CC3CC(CC(C3)C1c1ccc(Cl)cc1)C2. The van der Waals surface area contributed by atoms with Gasteiger partial charge in [0.05, 0.1) is 10.6 Å². The van der Waals surface area contributed by atoms with Gasteiger partial charge in [-0.2, -0.15) is 13.2 Å². The van der Waals surface area contributed by atoms with Crippen molar-refractivity contribution >= 4 is 34.9 Å². The Morgan fingerprint density at radius 2 is 1.68 bits per heavy atom. The molecule has 0 aliphatic heterocycles. The molecule has 0 spiro atoms. The molecule has 4 aliphatic carbocycles. The van der Waals surface area contributed by atoms with Gasteiger partial charge in [0.25, 0.3) is 0 Å². The molecule has 4 unspecified atom stereocenters. The van der Waals surface area contributed by atoms with Crippen molar-refractivity contribution < 1.29 is 18.0 Å². The van der Waals surface area contributed by atoms with E-state index in [1.807, 2.05) is 19.1 Å². The van der Waals surface area contributed by atoms with Crippen LogP contribution in [0.1, 0.15) is 56.1 Å². The number of hydrogen-bond acceptors (Lipinski definition) is 1. The molecule has 4 atom stereocenters. The lowest BCUT2D eigenvalue weighted by molar-refractivity contribution is -0.137. The van der Waals surface area contributed by atoms with Crippen LogP contribution in [0.4, 0.5) is 23.7 Å². The Balaban J connectivity index is 1.38. The Morgan fingerprint density at radius 1 is 1.03 bits per heavy atom. The fourth-order valence-electron chi connectivity index (χ4n) is 7.33. The summed E-state index contributed by atoms with van der Waals surface area (Å²) in [6.07, 6.45) is 1.20. The van der Waals surface area contributed by atoms with E-state index in [9.17, 15) is 18.0 Å². The lowest BCUT2D eigenvalue weighted by atomic mass is 9.42. The quantitative estimate of drug-likeness (QED) is 0.428. The van der Waals surface area contributed by atoms with Crippen LogP contribution in [0.2, 0.25) is 10.0 Å². The van der Waals surface area contributed by atoms with E-state index in [2.05, 4.69) is 22.8 Å². The van der Waals surface area contributed by atoms with Crippen LogP contribution in [0.25, 0.3) is 0 Å². The summed E-state index contributed by atoms with van der Waals surface area (Å²) in [6.45, 7) is 2.04. The fourth-order valence-corrected chi connectivity index (χ4v) is 7.68. The number of alkyl halides is 3. The number of carbonyl (C=O) groups is 1. The number of nitrogens with one attached hydrogen (secondary N) is 2. The normalized spacial score (nSPS) is 30.8. The largest absolute Gasteiger partial charge is 0.417 e. The summed E-state index contributed by atoms with van der Waals surface area (Å²) in [5.41, 5.74) is 0.261. The average Bonchev–Trinajstić information content (AvgIpc) is 2.74. The maximum absolute atomic E-state index is 13.2. The van der Waals surface area contributed by atoms with E-state index < -0.39 is 22.8 Å². The van der Waals surface area contributed by atoms with Gasteiger partial charge in [-0.05, 0) is 104 Å². The van der Waals surface area contributed by atoms with Gasteiger partial charge in [-0.1, -0.05) is 35.3 Å². The molecule has 4 saturated carbocycles. The molecular formula is C26H27Cl2F3N2O. The fraction of sp³-hybridized carbons (Fsp3) is 0.500. The number of carbonyl (C=O) groups excluding carboxylic acids is 1. The first-order valence-electron chi connectivity index (χ1n) is 11.7. The first-order valence-corrected chi connectivity index (χ1v) is 12.5. The molecule has 6 rings (SSSR count). The third-order valence-corrected chi connectivity index (χ3v) is 8.92. The van der Waals surface area contributed by atoms with E-state index in [0.717, 1.165) is 25.0 Å². The zero-order valence-corrected chi connectivity index (χ0v) is 20.3. The minimum atomic E-state index is -4.59. The van der Waals surface area contributed by atoms with Crippen LogP contribution in [0, 0.1) is 23.2 Å². The highest BCUT2D eigenvalue weighted by molar-refractivity contribution is 6.31. The number of urea groups is 1. The average molecular weight is 511 g/mol. The van der Waals surface area contributed by atoms with E-state index in [0.29, 0.717) is 28.7 Å². The van der Waals surface area contributed by atoms with Crippen molar-refractivity contribution in [3.8, 4) is 0 Å². The minimum absolute atomic E-state index is 0.0567. The molecule has 2 amide bonds. The smallest absolute Gasteiger partial charge is 0.335 e. The molecule has 4 bridgehead atoms. The lowest BCUT2D eigenvalue weighted by Crippen LogP contribution is -2.60. The maximum atomic E-state index is 13.2. The Hall–Kier alpha value is -1.92. The van der Waals surface area contributed by atoms with Crippen LogP contribution >= 0.6 is 23.2 Å². The summed E-state index contributed by atoms with van der Waals surface area (Å²) in [6, 6.07) is 10.8. The summed E-state index contributed by atoms with van der Waals surface area (Å²) >= 11 is 11.9. The van der Waals surface area contributed by atoms with Crippen molar-refractivity contribution in [1.82, 2.24) is 5.32 Å². The Morgan fingerprint density at radius 3 is 2.29 bits per heavy atom. The van der Waals surface area contributed by atoms with Gasteiger partial charge in [0.2, 0.25) is 0 Å². The molecule has 4 fully saturated rings. The van der Waals surface area contributed by atoms with Crippen molar-refractivity contribution in [1.29, 1.82) is 0 Å². The predicted octanol–water partition coefficient (Wildman–Crippen LogP) is 8.13. The number of amides is 2. The molecule has 0 saturated heterocycles. The first kappa shape index (κ1) is 23.8. The van der Waals surface area contributed by atoms with Gasteiger partial charge in [-0.3, -0.25) is 0 Å². The van der Waals surface area contributed by atoms with Crippen LogP contribution in [0.5, 0.6) is 0 Å². The second-order valence-electron chi connectivity index (χ2n) is 10.4. The number of rotatable bonds is 4. The van der Waals surface area contributed by atoms with Crippen LogP contribution in [-0.4, -0.2) is 12.1 Å². The highest BCUT2D eigenvalue weighted by Crippen LogP contribution is 2.67. The van der Waals surface area contributed by atoms with Crippen molar-refractivity contribution in [2.24, 2.45) is 23.2 Å². The second kappa shape index (κ2) is 8.63. The molecular weight excluding hydrogens is 484 g/mol. The van der Waals surface area contributed by atoms with Gasteiger partial charge >= 0.3 is 12.2 Å². The van der Waals surface area contributed by atoms with Crippen molar-refractivity contribution in [3.05, 3.63) is 63.6 Å². The van der Waals surface area contributed by atoms with Gasteiger partial charge < -0.3 is 10.6 Å². The van der Waals surface area contributed by atoms with Crippen LogP contribution in [0.15, 0.2) is 42.5 Å². The molecule has 2 aromatic rings. The van der Waals surface area contributed by atoms with Crippen molar-refractivity contribution in [2.45, 2.75) is 57.2 Å². The number of hydrogen-bond donors (Lipinski definition) is 2. The highest BCUT2D eigenvalue weighted by Gasteiger charge is 2.59. The van der Waals surface area contributed by atoms with Crippen LogP contribution < -0.4 is 10.6 Å². The molecule has 0 radical (unpaired) electrons. The summed E-state index contributed by atoms with van der Waals surface area (Å²) in [7, 11) is 0. The van der Waals surface area contributed by atoms with Crippen LogP contribution in [0.3, 0.4) is 0 Å². The predicted molar refractivity (Wildman–Crippen MR) is 128 cm³/mol. The standard InChI is InChI=1S/C26H27Cl2F3N2O/c1-14(32-24(34)33-20-6-7-22(28)21(11-20)26(29,30)31)25-12-15-8-16(13-25)10-18(9-15)23(25)17-2-4-19(27)5-3-17/h2-7,11,14-16,18,23H,8-10,12-13H2,1H3,(H2,32,33,34). The summed E-state index contributed by atoms with van der Waals surface area (Å²) in [5.74, 6) is 2.23. The van der Waals surface area contributed by atoms with Gasteiger partial charge in [-0.15, -0.1) is 0 Å². The summed E-state index contributed by atoms with van der Waals surface area (Å²) < 4.78 is 39.6.